The predicted octanol–water partition coefficient (Wildman–Crippen LogP) is -2.28. The van der Waals surface area contributed by atoms with E-state index in [0.29, 0.717) is 0 Å². The first-order valence-corrected chi connectivity index (χ1v) is 4.16. The summed E-state index contributed by atoms with van der Waals surface area (Å²) in [5, 5.41) is 36.5. The second-order valence-corrected chi connectivity index (χ2v) is 3.09. The quantitative estimate of drug-likeness (QED) is 0.321. The van der Waals surface area contributed by atoms with Crippen LogP contribution in [0.25, 0.3) is 0 Å². The molecule has 12 heavy (non-hydrogen) atoms. The van der Waals surface area contributed by atoms with Gasteiger partial charge in [-0.05, 0) is 0 Å². The molecular weight excluding hydrogens is 184 g/mol. The Morgan fingerprint density at radius 1 is 1.42 bits per heavy atom. The van der Waals surface area contributed by atoms with Gasteiger partial charge in [0, 0.05) is 5.75 Å². The fourth-order valence-electron chi connectivity index (χ4n) is 1.15. The summed E-state index contributed by atoms with van der Waals surface area (Å²) in [6.07, 6.45) is -3.64. The number of thiol groups is 1. The van der Waals surface area contributed by atoms with E-state index in [0.717, 1.165) is 0 Å². The zero-order valence-electron chi connectivity index (χ0n) is 6.29. The van der Waals surface area contributed by atoms with Crippen LogP contribution in [0.15, 0.2) is 0 Å². The lowest BCUT2D eigenvalue weighted by Gasteiger charge is -2.23. The molecule has 0 spiro atoms. The van der Waals surface area contributed by atoms with Gasteiger partial charge in [-0.1, -0.05) is 0 Å². The number of aliphatic hydroxyl groups is 4. The zero-order valence-corrected chi connectivity index (χ0v) is 7.19. The van der Waals surface area contributed by atoms with Crippen LogP contribution in [-0.2, 0) is 4.74 Å². The van der Waals surface area contributed by atoms with Gasteiger partial charge in [0.1, 0.15) is 18.3 Å². The highest BCUT2D eigenvalue weighted by Crippen LogP contribution is 2.29. The average Bonchev–Trinajstić information content (AvgIpc) is 2.31. The molecule has 0 aromatic heterocycles. The van der Waals surface area contributed by atoms with Crippen molar-refractivity contribution in [1.82, 2.24) is 0 Å². The van der Waals surface area contributed by atoms with Crippen LogP contribution in [0.1, 0.15) is 0 Å². The number of aliphatic hydroxyl groups excluding tert-OH is 3. The first-order chi connectivity index (χ1) is 5.55. The lowest BCUT2D eigenvalue weighted by atomic mass is 10.1. The number of ether oxygens (including phenoxy) is 1. The van der Waals surface area contributed by atoms with Gasteiger partial charge in [0.2, 0.25) is 5.79 Å². The maximum absolute atomic E-state index is 9.42. The molecule has 4 atom stereocenters. The van der Waals surface area contributed by atoms with E-state index in [9.17, 15) is 15.3 Å². The SMILES string of the molecule is OC[C@H]1OC(O)(CS)[C@@H](O)[C@@H]1O. The van der Waals surface area contributed by atoms with Crippen molar-refractivity contribution in [3.63, 3.8) is 0 Å². The second kappa shape index (κ2) is 3.49. The van der Waals surface area contributed by atoms with Crippen LogP contribution < -0.4 is 0 Å². The van der Waals surface area contributed by atoms with Crippen LogP contribution in [0.2, 0.25) is 0 Å². The van der Waals surface area contributed by atoms with E-state index in [4.69, 9.17) is 9.84 Å². The monoisotopic (exact) mass is 196 g/mol. The molecule has 1 fully saturated rings. The number of hydrogen-bond acceptors (Lipinski definition) is 6. The zero-order chi connectivity index (χ0) is 9.35. The minimum absolute atomic E-state index is 0.137. The maximum atomic E-state index is 9.42. The highest BCUT2D eigenvalue weighted by molar-refractivity contribution is 7.80. The van der Waals surface area contributed by atoms with Gasteiger partial charge in [-0.15, -0.1) is 0 Å². The van der Waals surface area contributed by atoms with Crippen LogP contribution >= 0.6 is 12.6 Å². The fraction of sp³-hybridized carbons (Fsp3) is 1.00. The lowest BCUT2D eigenvalue weighted by molar-refractivity contribution is -0.213. The highest BCUT2D eigenvalue weighted by Gasteiger charge is 2.52. The maximum Gasteiger partial charge on any atom is 0.204 e. The third kappa shape index (κ3) is 1.46. The second-order valence-electron chi connectivity index (χ2n) is 2.78. The summed E-state index contributed by atoms with van der Waals surface area (Å²) < 4.78 is 4.80. The van der Waals surface area contributed by atoms with E-state index in [2.05, 4.69) is 12.6 Å². The topological polar surface area (TPSA) is 90.2 Å². The molecule has 0 aliphatic carbocycles. The third-order valence-electron chi connectivity index (χ3n) is 1.93. The molecule has 1 rings (SSSR count). The van der Waals surface area contributed by atoms with Crippen molar-refractivity contribution < 1.29 is 25.2 Å². The summed E-state index contributed by atoms with van der Waals surface area (Å²) in [6, 6.07) is 0. The third-order valence-corrected chi connectivity index (χ3v) is 2.38. The molecular formula is C6H12O5S. The summed E-state index contributed by atoms with van der Waals surface area (Å²) >= 11 is 3.75. The van der Waals surface area contributed by atoms with Crippen molar-refractivity contribution in [3.05, 3.63) is 0 Å². The van der Waals surface area contributed by atoms with Gasteiger partial charge in [-0.25, -0.2) is 0 Å². The van der Waals surface area contributed by atoms with Crippen LogP contribution in [0, 0.1) is 0 Å². The lowest BCUT2D eigenvalue weighted by Crippen LogP contribution is -2.44. The summed E-state index contributed by atoms with van der Waals surface area (Å²) in [5.41, 5.74) is 0. The van der Waals surface area contributed by atoms with Crippen LogP contribution in [-0.4, -0.2) is 56.9 Å². The molecule has 1 unspecified atom stereocenters. The Labute approximate surface area is 75.0 Å². The summed E-state index contributed by atoms with van der Waals surface area (Å²) in [5.74, 6) is -1.99. The summed E-state index contributed by atoms with van der Waals surface area (Å²) in [6.45, 7) is -0.450. The Bertz CT molecular complexity index is 166. The molecule has 4 N–H and O–H groups in total. The molecule has 0 amide bonds. The Hall–Kier alpha value is 0.150. The van der Waals surface area contributed by atoms with E-state index in [1.165, 1.54) is 0 Å². The van der Waals surface area contributed by atoms with Crippen LogP contribution in [0.4, 0.5) is 0 Å². The Morgan fingerprint density at radius 2 is 2.00 bits per heavy atom. The van der Waals surface area contributed by atoms with Gasteiger partial charge in [0.15, 0.2) is 0 Å². The summed E-state index contributed by atoms with van der Waals surface area (Å²) in [7, 11) is 0. The minimum atomic E-state index is -1.85. The van der Waals surface area contributed by atoms with E-state index >= 15 is 0 Å². The average molecular weight is 196 g/mol. The van der Waals surface area contributed by atoms with Crippen molar-refractivity contribution in [1.29, 1.82) is 0 Å². The van der Waals surface area contributed by atoms with Crippen LogP contribution in [0.5, 0.6) is 0 Å². The van der Waals surface area contributed by atoms with E-state index in [-0.39, 0.29) is 5.75 Å². The number of hydrogen-bond donors (Lipinski definition) is 5. The molecule has 0 radical (unpaired) electrons. The highest BCUT2D eigenvalue weighted by atomic mass is 32.1. The van der Waals surface area contributed by atoms with Crippen molar-refractivity contribution >= 4 is 12.6 Å². The molecule has 1 heterocycles. The fourth-order valence-corrected chi connectivity index (χ4v) is 1.41. The van der Waals surface area contributed by atoms with Crippen LogP contribution in [0.3, 0.4) is 0 Å². The number of rotatable bonds is 2. The van der Waals surface area contributed by atoms with Crippen molar-refractivity contribution in [2.24, 2.45) is 0 Å². The van der Waals surface area contributed by atoms with Crippen molar-refractivity contribution in [2.45, 2.75) is 24.1 Å². The molecule has 0 aromatic rings. The first-order valence-electron chi connectivity index (χ1n) is 3.53. The molecule has 0 aromatic carbocycles. The molecule has 6 heteroatoms. The summed E-state index contributed by atoms with van der Waals surface area (Å²) in [4.78, 5) is 0. The predicted molar refractivity (Wildman–Crippen MR) is 42.8 cm³/mol. The van der Waals surface area contributed by atoms with Gasteiger partial charge in [0.05, 0.1) is 6.61 Å². The standard InChI is InChI=1S/C6H12O5S/c7-1-3-4(8)5(9)6(10,2-12)11-3/h3-5,7-10,12H,1-2H2/t3-,4-,5+,6?/m1/s1. The smallest absolute Gasteiger partial charge is 0.204 e. The van der Waals surface area contributed by atoms with Gasteiger partial charge in [-0.2, -0.15) is 12.6 Å². The van der Waals surface area contributed by atoms with E-state index in [1.807, 2.05) is 0 Å². The molecule has 5 nitrogen and oxygen atoms in total. The molecule has 0 saturated carbocycles. The van der Waals surface area contributed by atoms with Gasteiger partial charge >= 0.3 is 0 Å². The normalized spacial score (nSPS) is 48.2. The molecule has 72 valence electrons. The molecule has 1 aliphatic heterocycles. The van der Waals surface area contributed by atoms with Gasteiger partial charge in [-0.3, -0.25) is 0 Å². The molecule has 0 bridgehead atoms. The Kier molecular flexibility index (Phi) is 2.97. The van der Waals surface area contributed by atoms with Gasteiger partial charge in [0.25, 0.3) is 0 Å². The van der Waals surface area contributed by atoms with Gasteiger partial charge < -0.3 is 25.2 Å². The first kappa shape index (κ1) is 10.2. The van der Waals surface area contributed by atoms with E-state index < -0.39 is 30.7 Å². The Morgan fingerprint density at radius 3 is 2.25 bits per heavy atom. The van der Waals surface area contributed by atoms with Crippen molar-refractivity contribution in [2.75, 3.05) is 12.4 Å². The molecule has 1 saturated heterocycles. The van der Waals surface area contributed by atoms with E-state index in [1.54, 1.807) is 0 Å². The largest absolute Gasteiger partial charge is 0.394 e. The Balaban J connectivity index is 2.72. The molecule has 1 aliphatic rings. The minimum Gasteiger partial charge on any atom is -0.394 e. The van der Waals surface area contributed by atoms with Crippen molar-refractivity contribution in [3.8, 4) is 0 Å².